The molecule has 164 valence electrons. The summed E-state index contributed by atoms with van der Waals surface area (Å²) >= 11 is 5.85. The van der Waals surface area contributed by atoms with E-state index in [2.05, 4.69) is 10.1 Å². The molecule has 1 heterocycles. The van der Waals surface area contributed by atoms with Crippen LogP contribution >= 0.6 is 11.6 Å². The fourth-order valence-corrected chi connectivity index (χ4v) is 3.11. The summed E-state index contributed by atoms with van der Waals surface area (Å²) in [6.45, 7) is 2.77. The number of halogens is 3. The summed E-state index contributed by atoms with van der Waals surface area (Å²) in [5.74, 6) is -0.213. The van der Waals surface area contributed by atoms with Crippen LogP contribution in [-0.2, 0) is 4.74 Å². The number of aromatic nitrogens is 3. The summed E-state index contributed by atoms with van der Waals surface area (Å²) < 4.78 is 40.8. The second-order valence-corrected chi connectivity index (χ2v) is 7.38. The molecule has 0 amide bonds. The average Bonchev–Trinajstić information content (AvgIpc) is 3.29. The van der Waals surface area contributed by atoms with Crippen molar-refractivity contribution in [1.29, 1.82) is 0 Å². The Bertz CT molecular complexity index is 993. The molecule has 8 heteroatoms. The van der Waals surface area contributed by atoms with E-state index in [0.29, 0.717) is 29.7 Å². The number of hydrogen-bond donors (Lipinski definition) is 0. The van der Waals surface area contributed by atoms with Crippen molar-refractivity contribution in [3.63, 3.8) is 0 Å². The number of unbranched alkanes of at least 4 members (excludes halogenated alkanes) is 3. The third-order valence-electron chi connectivity index (χ3n) is 4.63. The highest BCUT2D eigenvalue weighted by molar-refractivity contribution is 6.30. The molecule has 0 aliphatic rings. The van der Waals surface area contributed by atoms with E-state index in [1.54, 1.807) is 19.1 Å². The SMILES string of the molecule is C/C(=C(/OCCCCCCOc1ccc(Cl)cc1)c1ccc(F)cc1F)n1cncn1. The maximum absolute atomic E-state index is 14.4. The van der Waals surface area contributed by atoms with Crippen molar-refractivity contribution < 1.29 is 18.3 Å². The molecule has 0 bridgehead atoms. The molecular weight excluding hydrogens is 424 g/mol. The quantitative estimate of drug-likeness (QED) is 0.259. The van der Waals surface area contributed by atoms with E-state index in [1.807, 2.05) is 12.1 Å². The minimum absolute atomic E-state index is 0.186. The molecule has 0 aliphatic heterocycles. The summed E-state index contributed by atoms with van der Waals surface area (Å²) in [5.41, 5.74) is 0.755. The van der Waals surface area contributed by atoms with E-state index in [-0.39, 0.29) is 5.56 Å². The van der Waals surface area contributed by atoms with Crippen molar-refractivity contribution in [2.75, 3.05) is 13.2 Å². The molecule has 0 atom stereocenters. The van der Waals surface area contributed by atoms with Gasteiger partial charge in [0.1, 0.15) is 30.0 Å². The number of ether oxygens (including phenoxy) is 2. The van der Waals surface area contributed by atoms with E-state index in [0.717, 1.165) is 37.5 Å². The summed E-state index contributed by atoms with van der Waals surface area (Å²) in [7, 11) is 0. The first-order valence-corrected chi connectivity index (χ1v) is 10.4. The van der Waals surface area contributed by atoms with Crippen molar-refractivity contribution in [2.45, 2.75) is 32.6 Å². The Morgan fingerprint density at radius 3 is 2.42 bits per heavy atom. The zero-order chi connectivity index (χ0) is 22.1. The lowest BCUT2D eigenvalue weighted by Gasteiger charge is -2.15. The lowest BCUT2D eigenvalue weighted by atomic mass is 10.1. The monoisotopic (exact) mass is 447 g/mol. The topological polar surface area (TPSA) is 49.2 Å². The van der Waals surface area contributed by atoms with Crippen molar-refractivity contribution >= 4 is 23.1 Å². The van der Waals surface area contributed by atoms with Crippen LogP contribution in [0, 0.1) is 11.6 Å². The minimum Gasteiger partial charge on any atom is -0.494 e. The summed E-state index contributed by atoms with van der Waals surface area (Å²) in [6, 6.07) is 10.7. The van der Waals surface area contributed by atoms with Crippen LogP contribution in [0.4, 0.5) is 8.78 Å². The van der Waals surface area contributed by atoms with Crippen molar-refractivity contribution in [2.24, 2.45) is 0 Å². The van der Waals surface area contributed by atoms with Crippen LogP contribution < -0.4 is 4.74 Å². The Kier molecular flexibility index (Phi) is 8.41. The van der Waals surface area contributed by atoms with E-state index >= 15 is 0 Å². The number of hydrogen-bond acceptors (Lipinski definition) is 4. The number of rotatable bonds is 11. The van der Waals surface area contributed by atoms with Gasteiger partial charge in [0.2, 0.25) is 0 Å². The zero-order valence-electron chi connectivity index (χ0n) is 17.2. The van der Waals surface area contributed by atoms with Crippen molar-refractivity contribution in [1.82, 2.24) is 14.8 Å². The van der Waals surface area contributed by atoms with Crippen LogP contribution in [0.2, 0.25) is 5.02 Å². The van der Waals surface area contributed by atoms with Gasteiger partial charge in [-0.2, -0.15) is 5.10 Å². The lowest BCUT2D eigenvalue weighted by molar-refractivity contribution is 0.259. The third-order valence-corrected chi connectivity index (χ3v) is 4.89. The van der Waals surface area contributed by atoms with Gasteiger partial charge in [0, 0.05) is 11.1 Å². The fraction of sp³-hybridized carbons (Fsp3) is 0.304. The van der Waals surface area contributed by atoms with Gasteiger partial charge in [-0.1, -0.05) is 11.6 Å². The first kappa shape index (κ1) is 22.7. The predicted molar refractivity (Wildman–Crippen MR) is 117 cm³/mol. The second-order valence-electron chi connectivity index (χ2n) is 6.94. The van der Waals surface area contributed by atoms with Crippen molar-refractivity contribution in [3.05, 3.63) is 77.3 Å². The molecule has 0 spiro atoms. The van der Waals surface area contributed by atoms with Gasteiger partial charge in [-0.05, 0) is 69.0 Å². The molecule has 0 saturated carbocycles. The molecular formula is C23H24ClF2N3O2. The van der Waals surface area contributed by atoms with Gasteiger partial charge in [0.05, 0.1) is 24.5 Å². The maximum Gasteiger partial charge on any atom is 0.150 e. The smallest absolute Gasteiger partial charge is 0.150 e. The van der Waals surface area contributed by atoms with Gasteiger partial charge in [-0.25, -0.2) is 18.4 Å². The molecule has 0 N–H and O–H groups in total. The number of nitrogens with zero attached hydrogens (tertiary/aromatic N) is 3. The molecule has 2 aromatic carbocycles. The predicted octanol–water partition coefficient (Wildman–Crippen LogP) is 6.21. The van der Waals surface area contributed by atoms with Crippen LogP contribution in [0.15, 0.2) is 55.1 Å². The van der Waals surface area contributed by atoms with E-state index < -0.39 is 11.6 Å². The van der Waals surface area contributed by atoms with E-state index in [4.69, 9.17) is 21.1 Å². The van der Waals surface area contributed by atoms with Gasteiger partial charge in [-0.15, -0.1) is 0 Å². The molecule has 1 aromatic heterocycles. The molecule has 5 nitrogen and oxygen atoms in total. The summed E-state index contributed by atoms with van der Waals surface area (Å²) in [6.07, 6.45) is 6.50. The Labute approximate surface area is 185 Å². The van der Waals surface area contributed by atoms with Gasteiger partial charge < -0.3 is 9.47 Å². The normalized spacial score (nSPS) is 11.9. The van der Waals surface area contributed by atoms with E-state index in [9.17, 15) is 8.78 Å². The summed E-state index contributed by atoms with van der Waals surface area (Å²) in [4.78, 5) is 3.91. The molecule has 31 heavy (non-hydrogen) atoms. The molecule has 0 saturated heterocycles. The first-order chi connectivity index (χ1) is 15.0. The Morgan fingerprint density at radius 1 is 1.00 bits per heavy atom. The number of benzene rings is 2. The molecule has 0 fully saturated rings. The molecule has 0 radical (unpaired) electrons. The van der Waals surface area contributed by atoms with Crippen LogP contribution in [0.1, 0.15) is 38.2 Å². The van der Waals surface area contributed by atoms with Crippen LogP contribution in [-0.4, -0.2) is 28.0 Å². The van der Waals surface area contributed by atoms with Crippen LogP contribution in [0.25, 0.3) is 11.5 Å². The lowest BCUT2D eigenvalue weighted by Crippen LogP contribution is -2.05. The van der Waals surface area contributed by atoms with Gasteiger partial charge in [-0.3, -0.25) is 0 Å². The average molecular weight is 448 g/mol. The van der Waals surface area contributed by atoms with Gasteiger partial charge >= 0.3 is 0 Å². The van der Waals surface area contributed by atoms with Crippen LogP contribution in [0.3, 0.4) is 0 Å². The Balaban J connectivity index is 1.48. The molecule has 0 unspecified atom stereocenters. The highest BCUT2D eigenvalue weighted by Gasteiger charge is 2.15. The Morgan fingerprint density at radius 2 is 1.74 bits per heavy atom. The molecule has 0 aliphatic carbocycles. The number of allylic oxidation sites excluding steroid dienone is 1. The largest absolute Gasteiger partial charge is 0.494 e. The molecule has 3 aromatic rings. The van der Waals surface area contributed by atoms with Gasteiger partial charge in [0.15, 0.2) is 5.76 Å². The maximum atomic E-state index is 14.4. The highest BCUT2D eigenvalue weighted by atomic mass is 35.5. The standard InChI is InChI=1S/C23H24ClF2N3O2/c1-17(29-16-27-15-28-29)23(21-11-8-19(25)14-22(21)26)31-13-5-3-2-4-12-30-20-9-6-18(24)7-10-20/h6-11,14-16H,2-5,12-13H2,1H3/b23-17-. The first-order valence-electron chi connectivity index (χ1n) is 10.1. The summed E-state index contributed by atoms with van der Waals surface area (Å²) in [5, 5.41) is 4.75. The fourth-order valence-electron chi connectivity index (χ4n) is 2.99. The second kappa shape index (κ2) is 11.5. The zero-order valence-corrected chi connectivity index (χ0v) is 18.0. The highest BCUT2D eigenvalue weighted by Crippen LogP contribution is 2.26. The Hall–Kier alpha value is -2.93. The minimum atomic E-state index is -0.686. The van der Waals surface area contributed by atoms with Crippen LogP contribution in [0.5, 0.6) is 5.75 Å². The third kappa shape index (κ3) is 6.79. The van der Waals surface area contributed by atoms with E-state index in [1.165, 1.54) is 29.5 Å². The molecule has 3 rings (SSSR count). The van der Waals surface area contributed by atoms with Gasteiger partial charge in [0.25, 0.3) is 0 Å². The van der Waals surface area contributed by atoms with Crippen molar-refractivity contribution in [3.8, 4) is 5.75 Å².